The first-order chi connectivity index (χ1) is 13.2. The number of aryl methyl sites for hydroxylation is 3. The minimum absolute atomic E-state index is 0.238. The Bertz CT molecular complexity index is 952. The number of hydrogen-bond donors (Lipinski definition) is 1. The summed E-state index contributed by atoms with van der Waals surface area (Å²) in [6.45, 7) is 8.12. The van der Waals surface area contributed by atoms with Crippen LogP contribution in [0.5, 0.6) is 0 Å². The van der Waals surface area contributed by atoms with Crippen LogP contribution in [0.25, 0.3) is 0 Å². The molecule has 2 aromatic rings. The highest BCUT2D eigenvalue weighted by Gasteiger charge is 2.22. The lowest BCUT2D eigenvalue weighted by atomic mass is 10.0. The maximum Gasteiger partial charge on any atom is 0.241 e. The number of nitrogens with zero attached hydrogens (tertiary/aromatic N) is 1. The number of nitrogens with one attached hydrogen (secondary N) is 1. The minimum Gasteiger partial charge on any atom is -0.350 e. The molecular formula is C22H30N2O3S. The maximum atomic E-state index is 12.6. The average Bonchev–Trinajstić information content (AvgIpc) is 2.65. The van der Waals surface area contributed by atoms with Gasteiger partial charge >= 0.3 is 0 Å². The molecule has 0 spiro atoms. The molecule has 0 unspecified atom stereocenters. The van der Waals surface area contributed by atoms with Crippen LogP contribution in [0.2, 0.25) is 0 Å². The molecule has 2 rings (SSSR count). The Labute approximate surface area is 168 Å². The maximum absolute atomic E-state index is 12.6. The summed E-state index contributed by atoms with van der Waals surface area (Å²) < 4.78 is 25.8. The number of carbonyl (C=O) groups is 1. The van der Waals surface area contributed by atoms with Gasteiger partial charge in [0.15, 0.2) is 0 Å². The number of sulfonamides is 1. The smallest absolute Gasteiger partial charge is 0.241 e. The van der Waals surface area contributed by atoms with Gasteiger partial charge in [-0.15, -0.1) is 0 Å². The summed E-state index contributed by atoms with van der Waals surface area (Å²) in [5.41, 5.74) is 5.86. The third kappa shape index (κ3) is 5.35. The van der Waals surface area contributed by atoms with E-state index >= 15 is 0 Å². The molecule has 28 heavy (non-hydrogen) atoms. The normalized spacial score (nSPS) is 11.3. The van der Waals surface area contributed by atoms with Crippen LogP contribution in [-0.2, 0) is 34.2 Å². The molecule has 0 aliphatic carbocycles. The van der Waals surface area contributed by atoms with Crippen LogP contribution in [0, 0.1) is 13.8 Å². The van der Waals surface area contributed by atoms with Crippen molar-refractivity contribution >= 4 is 21.6 Å². The molecule has 0 heterocycles. The van der Waals surface area contributed by atoms with Crippen molar-refractivity contribution in [2.75, 3.05) is 17.1 Å². The largest absolute Gasteiger partial charge is 0.350 e. The molecule has 2 aromatic carbocycles. The van der Waals surface area contributed by atoms with E-state index in [9.17, 15) is 13.2 Å². The molecule has 0 radical (unpaired) electrons. The van der Waals surface area contributed by atoms with Crippen LogP contribution < -0.4 is 9.62 Å². The average molecular weight is 403 g/mol. The first kappa shape index (κ1) is 22.0. The molecule has 0 aliphatic rings. The van der Waals surface area contributed by atoms with E-state index in [1.165, 1.54) is 15.4 Å². The van der Waals surface area contributed by atoms with Crippen LogP contribution in [0.15, 0.2) is 36.4 Å². The number of rotatable bonds is 8. The predicted molar refractivity (Wildman–Crippen MR) is 115 cm³/mol. The molecular weight excluding hydrogens is 372 g/mol. The number of carbonyl (C=O) groups excluding carboxylic acids is 1. The van der Waals surface area contributed by atoms with Crippen LogP contribution in [0.3, 0.4) is 0 Å². The Kier molecular flexibility index (Phi) is 7.24. The highest BCUT2D eigenvalue weighted by Crippen LogP contribution is 2.24. The lowest BCUT2D eigenvalue weighted by Gasteiger charge is -2.24. The molecule has 0 saturated carbocycles. The Balaban J connectivity index is 2.19. The van der Waals surface area contributed by atoms with Crippen LogP contribution in [0.4, 0.5) is 5.69 Å². The zero-order valence-corrected chi connectivity index (χ0v) is 18.2. The van der Waals surface area contributed by atoms with Crippen molar-refractivity contribution in [2.24, 2.45) is 0 Å². The molecule has 1 N–H and O–H groups in total. The number of amides is 1. The quantitative estimate of drug-likeness (QED) is 0.735. The van der Waals surface area contributed by atoms with Gasteiger partial charge in [0.1, 0.15) is 6.54 Å². The van der Waals surface area contributed by atoms with E-state index in [2.05, 4.69) is 37.4 Å². The van der Waals surface area contributed by atoms with Crippen molar-refractivity contribution in [1.29, 1.82) is 0 Å². The molecule has 5 nitrogen and oxygen atoms in total. The molecule has 0 aromatic heterocycles. The third-order valence-electron chi connectivity index (χ3n) is 5.07. The lowest BCUT2D eigenvalue weighted by Crippen LogP contribution is -2.40. The van der Waals surface area contributed by atoms with Crippen molar-refractivity contribution < 1.29 is 13.2 Å². The number of benzene rings is 2. The Hall–Kier alpha value is -2.34. The van der Waals surface area contributed by atoms with E-state index < -0.39 is 10.0 Å². The van der Waals surface area contributed by atoms with Gasteiger partial charge in [0, 0.05) is 6.54 Å². The van der Waals surface area contributed by atoms with Crippen molar-refractivity contribution in [3.8, 4) is 0 Å². The van der Waals surface area contributed by atoms with Gasteiger partial charge in [0.05, 0.1) is 11.9 Å². The Morgan fingerprint density at radius 3 is 2.36 bits per heavy atom. The standard InChI is InChI=1S/C22H30N2O3S/c1-6-18-11-12-19(7-2)20(13-18)14-23-22(25)15-24(28(5,26)27)21-10-8-9-16(3)17(21)4/h8-13H,6-7,14-15H2,1-5H3,(H,23,25). The van der Waals surface area contributed by atoms with Gasteiger partial charge in [-0.3, -0.25) is 9.10 Å². The summed E-state index contributed by atoms with van der Waals surface area (Å²) in [5, 5.41) is 2.89. The lowest BCUT2D eigenvalue weighted by molar-refractivity contribution is -0.119. The van der Waals surface area contributed by atoms with Crippen LogP contribution in [0.1, 0.15) is 41.7 Å². The van der Waals surface area contributed by atoms with Crippen LogP contribution >= 0.6 is 0 Å². The van der Waals surface area contributed by atoms with E-state index in [1.54, 1.807) is 12.1 Å². The van der Waals surface area contributed by atoms with E-state index in [4.69, 9.17) is 0 Å². The summed E-state index contributed by atoms with van der Waals surface area (Å²) in [5.74, 6) is -0.324. The van der Waals surface area contributed by atoms with E-state index in [1.807, 2.05) is 19.9 Å². The fourth-order valence-electron chi connectivity index (χ4n) is 3.18. The molecule has 152 valence electrons. The third-order valence-corrected chi connectivity index (χ3v) is 6.19. The van der Waals surface area contributed by atoms with Gasteiger partial charge in [-0.25, -0.2) is 8.42 Å². The second-order valence-corrected chi connectivity index (χ2v) is 8.98. The van der Waals surface area contributed by atoms with Crippen molar-refractivity contribution in [3.63, 3.8) is 0 Å². The SMILES string of the molecule is CCc1ccc(CC)c(CNC(=O)CN(c2cccc(C)c2C)S(C)(=O)=O)c1. The topological polar surface area (TPSA) is 66.5 Å². The zero-order valence-electron chi connectivity index (χ0n) is 17.4. The molecule has 0 fully saturated rings. The highest BCUT2D eigenvalue weighted by atomic mass is 32.2. The summed E-state index contributed by atoms with van der Waals surface area (Å²) in [4.78, 5) is 12.6. The molecule has 0 bridgehead atoms. The molecule has 0 aliphatic heterocycles. The molecule has 0 atom stereocenters. The number of hydrogen-bond acceptors (Lipinski definition) is 3. The van der Waals surface area contributed by atoms with Crippen molar-refractivity contribution in [2.45, 2.75) is 47.1 Å². The van der Waals surface area contributed by atoms with Gasteiger partial charge < -0.3 is 5.32 Å². The predicted octanol–water partition coefficient (Wildman–Crippen LogP) is 3.51. The molecule has 0 saturated heterocycles. The van der Waals surface area contributed by atoms with E-state index in [-0.39, 0.29) is 12.5 Å². The fraction of sp³-hybridized carbons (Fsp3) is 0.409. The number of anilines is 1. The van der Waals surface area contributed by atoms with Gasteiger partial charge in [0.25, 0.3) is 0 Å². The summed E-state index contributed by atoms with van der Waals surface area (Å²) in [6, 6.07) is 11.8. The molecule has 6 heteroatoms. The Morgan fingerprint density at radius 1 is 1.04 bits per heavy atom. The van der Waals surface area contributed by atoms with Crippen molar-refractivity contribution in [3.05, 3.63) is 64.2 Å². The first-order valence-electron chi connectivity index (χ1n) is 9.58. The fourth-order valence-corrected chi connectivity index (χ4v) is 4.08. The van der Waals surface area contributed by atoms with Gasteiger partial charge in [-0.2, -0.15) is 0 Å². The van der Waals surface area contributed by atoms with Crippen molar-refractivity contribution in [1.82, 2.24) is 5.32 Å². The monoisotopic (exact) mass is 402 g/mol. The second-order valence-electron chi connectivity index (χ2n) is 7.08. The van der Waals surface area contributed by atoms with E-state index in [0.717, 1.165) is 35.8 Å². The highest BCUT2D eigenvalue weighted by molar-refractivity contribution is 7.92. The summed E-state index contributed by atoms with van der Waals surface area (Å²) in [7, 11) is -3.59. The second kappa shape index (κ2) is 9.24. The van der Waals surface area contributed by atoms with Crippen LogP contribution in [-0.4, -0.2) is 27.1 Å². The van der Waals surface area contributed by atoms with Gasteiger partial charge in [-0.1, -0.05) is 44.2 Å². The molecule has 1 amide bonds. The van der Waals surface area contributed by atoms with Gasteiger partial charge in [0.2, 0.25) is 15.9 Å². The minimum atomic E-state index is -3.59. The van der Waals surface area contributed by atoms with E-state index in [0.29, 0.717) is 12.2 Å². The van der Waals surface area contributed by atoms with Gasteiger partial charge in [-0.05, 0) is 60.6 Å². The summed E-state index contributed by atoms with van der Waals surface area (Å²) in [6.07, 6.45) is 2.94. The zero-order chi connectivity index (χ0) is 20.9. The summed E-state index contributed by atoms with van der Waals surface area (Å²) >= 11 is 0. The first-order valence-corrected chi connectivity index (χ1v) is 11.4. The Morgan fingerprint density at radius 2 is 1.75 bits per heavy atom.